The molecule has 290 valence electrons. The van der Waals surface area contributed by atoms with E-state index in [0.29, 0.717) is 17.6 Å². The van der Waals surface area contributed by atoms with Crippen molar-refractivity contribution in [2.75, 3.05) is 0 Å². The summed E-state index contributed by atoms with van der Waals surface area (Å²) >= 11 is 0. The molecule has 5 nitrogen and oxygen atoms in total. The summed E-state index contributed by atoms with van der Waals surface area (Å²) in [5.41, 5.74) is 14.1. The molecule has 5 heteroatoms. The van der Waals surface area contributed by atoms with E-state index in [0.717, 1.165) is 66.2 Å². The minimum absolute atomic E-state index is 0.560. The van der Waals surface area contributed by atoms with Gasteiger partial charge in [-0.1, -0.05) is 188 Å². The molecule has 0 radical (unpaired) electrons. The molecule has 0 bridgehead atoms. The van der Waals surface area contributed by atoms with Crippen molar-refractivity contribution in [3.8, 4) is 67.8 Å². The number of hydrogen-bond donors (Lipinski definition) is 0. The van der Waals surface area contributed by atoms with E-state index in [2.05, 4.69) is 197 Å². The van der Waals surface area contributed by atoms with E-state index < -0.39 is 0 Å². The van der Waals surface area contributed by atoms with Crippen LogP contribution in [-0.2, 0) is 0 Å². The molecule has 0 unspecified atom stereocenters. The van der Waals surface area contributed by atoms with Crippen LogP contribution in [0.15, 0.2) is 224 Å². The van der Waals surface area contributed by atoms with Gasteiger partial charge in [0.1, 0.15) is 0 Å². The summed E-state index contributed by atoms with van der Waals surface area (Å²) in [6.45, 7) is 0. The zero-order valence-electron chi connectivity index (χ0n) is 33.6. The van der Waals surface area contributed by atoms with Gasteiger partial charge in [-0.3, -0.25) is 4.57 Å². The van der Waals surface area contributed by atoms with Gasteiger partial charge in [0, 0.05) is 38.2 Å². The number of benzene rings is 9. The molecule has 0 aliphatic rings. The van der Waals surface area contributed by atoms with Gasteiger partial charge in [-0.05, 0) is 64.2 Å². The van der Waals surface area contributed by atoms with E-state index in [1.54, 1.807) is 0 Å². The van der Waals surface area contributed by atoms with Crippen LogP contribution < -0.4 is 0 Å². The highest BCUT2D eigenvalue weighted by Gasteiger charge is 2.24. The summed E-state index contributed by atoms with van der Waals surface area (Å²) in [4.78, 5) is 15.7. The van der Waals surface area contributed by atoms with E-state index in [4.69, 9.17) is 15.0 Å². The van der Waals surface area contributed by atoms with Crippen LogP contribution >= 0.6 is 0 Å². The summed E-state index contributed by atoms with van der Waals surface area (Å²) in [6.07, 6.45) is 0. The molecule has 3 aromatic heterocycles. The molecule has 9 aromatic carbocycles. The lowest BCUT2D eigenvalue weighted by Crippen LogP contribution is -2.07. The van der Waals surface area contributed by atoms with Gasteiger partial charge in [0.2, 0.25) is 5.95 Å². The predicted molar refractivity (Wildman–Crippen MR) is 256 cm³/mol. The lowest BCUT2D eigenvalue weighted by molar-refractivity contribution is 0.953. The lowest BCUT2D eigenvalue weighted by atomic mass is 9.92. The number of hydrogen-bond acceptors (Lipinski definition) is 3. The Labute approximate surface area is 358 Å². The third-order valence-electron chi connectivity index (χ3n) is 12.0. The van der Waals surface area contributed by atoms with Crippen molar-refractivity contribution in [1.82, 2.24) is 24.1 Å². The van der Waals surface area contributed by atoms with Crippen LogP contribution in [0.25, 0.3) is 111 Å². The largest absolute Gasteiger partial charge is 0.307 e. The van der Waals surface area contributed by atoms with Gasteiger partial charge < -0.3 is 4.57 Å². The molecule has 12 aromatic rings. The summed E-state index contributed by atoms with van der Waals surface area (Å²) in [5, 5.41) is 4.57. The SMILES string of the molecule is c1ccc(-c2cc(-c3ccccc3)cc(-c3ccccc3-n3c4ccccc4c4ccc5c6ccccc6n(-c6nc(-c7ccccc7)nc(-c7ccccc7)n6)c5c43)c2)cc1. The number of nitrogens with zero attached hydrogens (tertiary/aromatic N) is 5. The minimum atomic E-state index is 0.560. The van der Waals surface area contributed by atoms with Crippen molar-refractivity contribution in [2.45, 2.75) is 0 Å². The molecule has 62 heavy (non-hydrogen) atoms. The average molecular weight is 792 g/mol. The first-order valence-corrected chi connectivity index (χ1v) is 21.0. The Morgan fingerprint density at radius 2 is 0.677 bits per heavy atom. The monoisotopic (exact) mass is 791 g/mol. The predicted octanol–water partition coefficient (Wildman–Crippen LogP) is 14.4. The molecule has 0 saturated carbocycles. The van der Waals surface area contributed by atoms with Gasteiger partial charge in [-0.25, -0.2) is 4.98 Å². The first-order valence-electron chi connectivity index (χ1n) is 21.0. The van der Waals surface area contributed by atoms with Gasteiger partial charge in [-0.2, -0.15) is 9.97 Å². The zero-order chi connectivity index (χ0) is 41.0. The Balaban J connectivity index is 1.19. The molecule has 0 amide bonds. The van der Waals surface area contributed by atoms with Gasteiger partial charge in [0.05, 0.1) is 27.8 Å². The highest BCUT2D eigenvalue weighted by Crippen LogP contribution is 2.44. The second-order valence-electron chi connectivity index (χ2n) is 15.6. The average Bonchev–Trinajstić information content (AvgIpc) is 3.88. The molecule has 0 saturated heterocycles. The Morgan fingerprint density at radius 3 is 1.21 bits per heavy atom. The van der Waals surface area contributed by atoms with Crippen LogP contribution in [0.4, 0.5) is 0 Å². The van der Waals surface area contributed by atoms with E-state index in [1.165, 1.54) is 27.6 Å². The second kappa shape index (κ2) is 14.7. The van der Waals surface area contributed by atoms with Crippen LogP contribution in [0.2, 0.25) is 0 Å². The van der Waals surface area contributed by atoms with Crippen LogP contribution in [0.3, 0.4) is 0 Å². The standard InChI is InChI=1S/C57H37N5/c1-5-19-38(20-6-1)42-35-43(39-21-7-2-8-22-39)37-44(36-42)45-27-13-16-30-50(45)61-51-31-17-14-28-46(51)48-33-34-49-47-29-15-18-32-52(47)62(54(49)53(48)61)57-59-55(40-23-9-3-10-24-40)58-56(60-57)41-25-11-4-12-26-41/h1-37H. The van der Waals surface area contributed by atoms with Crippen LogP contribution in [-0.4, -0.2) is 24.1 Å². The first kappa shape index (κ1) is 35.5. The molecule has 0 N–H and O–H groups in total. The number of para-hydroxylation sites is 3. The lowest BCUT2D eigenvalue weighted by Gasteiger charge is -2.17. The Bertz CT molecular complexity index is 3500. The van der Waals surface area contributed by atoms with Crippen LogP contribution in [0, 0.1) is 0 Å². The highest BCUT2D eigenvalue weighted by molar-refractivity contribution is 6.24. The number of fused-ring (bicyclic) bond motifs is 7. The van der Waals surface area contributed by atoms with E-state index >= 15 is 0 Å². The van der Waals surface area contributed by atoms with Gasteiger partial charge in [0.25, 0.3) is 0 Å². The van der Waals surface area contributed by atoms with E-state index in [9.17, 15) is 0 Å². The topological polar surface area (TPSA) is 48.5 Å². The summed E-state index contributed by atoms with van der Waals surface area (Å²) in [6, 6.07) is 79.4. The summed E-state index contributed by atoms with van der Waals surface area (Å²) in [7, 11) is 0. The number of aromatic nitrogens is 5. The van der Waals surface area contributed by atoms with Gasteiger partial charge in [-0.15, -0.1) is 0 Å². The fourth-order valence-corrected chi connectivity index (χ4v) is 9.15. The van der Waals surface area contributed by atoms with Gasteiger partial charge in [0.15, 0.2) is 11.6 Å². The fraction of sp³-hybridized carbons (Fsp3) is 0. The van der Waals surface area contributed by atoms with Crippen molar-refractivity contribution in [1.29, 1.82) is 0 Å². The molecular weight excluding hydrogens is 755 g/mol. The number of rotatable bonds is 7. The molecule has 3 heterocycles. The molecular formula is C57H37N5. The smallest absolute Gasteiger partial charge is 0.238 e. The van der Waals surface area contributed by atoms with Crippen molar-refractivity contribution in [3.05, 3.63) is 224 Å². The fourth-order valence-electron chi connectivity index (χ4n) is 9.15. The third-order valence-corrected chi connectivity index (χ3v) is 12.0. The minimum Gasteiger partial charge on any atom is -0.307 e. The molecule has 0 aliphatic heterocycles. The Hall–Kier alpha value is -8.41. The van der Waals surface area contributed by atoms with Crippen molar-refractivity contribution >= 4 is 43.6 Å². The molecule has 0 fully saturated rings. The summed E-state index contributed by atoms with van der Waals surface area (Å²) < 4.78 is 4.72. The van der Waals surface area contributed by atoms with Crippen molar-refractivity contribution < 1.29 is 0 Å². The normalized spacial score (nSPS) is 11.5. The molecule has 0 atom stereocenters. The quantitative estimate of drug-likeness (QED) is 0.162. The van der Waals surface area contributed by atoms with Crippen LogP contribution in [0.5, 0.6) is 0 Å². The maximum absolute atomic E-state index is 5.31. The summed E-state index contributed by atoms with van der Waals surface area (Å²) in [5.74, 6) is 1.79. The first-order chi connectivity index (χ1) is 30.8. The maximum atomic E-state index is 5.31. The maximum Gasteiger partial charge on any atom is 0.238 e. The molecule has 0 spiro atoms. The zero-order valence-corrected chi connectivity index (χ0v) is 33.6. The third kappa shape index (κ3) is 5.90. The Kier molecular flexibility index (Phi) is 8.42. The molecule has 12 rings (SSSR count). The van der Waals surface area contributed by atoms with E-state index in [1.807, 2.05) is 36.4 Å². The van der Waals surface area contributed by atoms with Crippen LogP contribution in [0.1, 0.15) is 0 Å². The van der Waals surface area contributed by atoms with E-state index in [-0.39, 0.29) is 0 Å². The van der Waals surface area contributed by atoms with Gasteiger partial charge >= 0.3 is 0 Å². The van der Waals surface area contributed by atoms with Crippen molar-refractivity contribution in [3.63, 3.8) is 0 Å². The molecule has 0 aliphatic carbocycles. The highest BCUT2D eigenvalue weighted by atomic mass is 15.2. The second-order valence-corrected chi connectivity index (χ2v) is 15.6. The van der Waals surface area contributed by atoms with Crippen molar-refractivity contribution in [2.24, 2.45) is 0 Å². The Morgan fingerprint density at radius 1 is 0.274 bits per heavy atom.